The van der Waals surface area contributed by atoms with E-state index < -0.39 is 5.97 Å². The second-order valence-electron chi connectivity index (χ2n) is 4.02. The maximum atomic E-state index is 11.4. The van der Waals surface area contributed by atoms with Gasteiger partial charge >= 0.3 is 5.97 Å². The van der Waals surface area contributed by atoms with E-state index in [1.165, 1.54) is 7.11 Å². The third kappa shape index (κ3) is 1.60. The van der Waals surface area contributed by atoms with Gasteiger partial charge in [0.25, 0.3) is 0 Å². The van der Waals surface area contributed by atoms with E-state index in [4.69, 9.17) is 5.73 Å². The van der Waals surface area contributed by atoms with Crippen LogP contribution in [0.5, 0.6) is 5.75 Å². The van der Waals surface area contributed by atoms with E-state index in [1.54, 1.807) is 6.07 Å². The minimum absolute atomic E-state index is 0.146. The number of nitrogens with two attached hydrogens (primary N) is 1. The molecule has 0 radical (unpaired) electrons. The number of aromatic hydroxyl groups is 1. The van der Waals surface area contributed by atoms with Crippen LogP contribution in [0, 0.1) is 0 Å². The Hall–Kier alpha value is -1.71. The van der Waals surface area contributed by atoms with Gasteiger partial charge in [-0.1, -0.05) is 0 Å². The summed E-state index contributed by atoms with van der Waals surface area (Å²) in [6.07, 6.45) is 3.95. The molecule has 0 bridgehead atoms. The fourth-order valence-corrected chi connectivity index (χ4v) is 2.19. The first-order valence-electron chi connectivity index (χ1n) is 5.36. The van der Waals surface area contributed by atoms with Gasteiger partial charge in [-0.05, 0) is 42.9 Å². The average Bonchev–Trinajstić information content (AvgIpc) is 2.33. The van der Waals surface area contributed by atoms with E-state index in [9.17, 15) is 9.90 Å². The molecule has 3 N–H and O–H groups in total. The fraction of sp³-hybridized carbons (Fsp3) is 0.417. The number of carbonyl (C=O) groups excluding carboxylic acids is 1. The Morgan fingerprint density at radius 1 is 1.44 bits per heavy atom. The van der Waals surface area contributed by atoms with Crippen molar-refractivity contribution < 1.29 is 14.6 Å². The monoisotopic (exact) mass is 221 g/mol. The van der Waals surface area contributed by atoms with Gasteiger partial charge in [-0.25, -0.2) is 4.79 Å². The molecule has 0 unspecified atom stereocenters. The van der Waals surface area contributed by atoms with Gasteiger partial charge in [0, 0.05) is 0 Å². The number of carbonyl (C=O) groups is 1. The number of aryl methyl sites for hydroxylation is 1. The van der Waals surface area contributed by atoms with Crippen LogP contribution in [0.1, 0.15) is 34.3 Å². The highest BCUT2D eigenvalue weighted by Crippen LogP contribution is 2.36. The van der Waals surface area contributed by atoms with Crippen molar-refractivity contribution in [1.29, 1.82) is 0 Å². The molecular formula is C12H15NO3. The lowest BCUT2D eigenvalue weighted by Gasteiger charge is -2.19. The quantitative estimate of drug-likeness (QED) is 0.429. The Morgan fingerprint density at radius 2 is 2.12 bits per heavy atom. The first-order valence-corrected chi connectivity index (χ1v) is 5.36. The molecule has 1 aromatic rings. The van der Waals surface area contributed by atoms with Crippen LogP contribution >= 0.6 is 0 Å². The van der Waals surface area contributed by atoms with Crippen LogP contribution < -0.4 is 5.73 Å². The molecule has 0 saturated carbocycles. The number of esters is 1. The van der Waals surface area contributed by atoms with E-state index in [0.717, 1.165) is 36.8 Å². The normalized spacial score (nSPS) is 14.3. The molecule has 1 aromatic carbocycles. The highest BCUT2D eigenvalue weighted by atomic mass is 16.5. The van der Waals surface area contributed by atoms with Crippen LogP contribution in [0.2, 0.25) is 0 Å². The third-order valence-electron chi connectivity index (χ3n) is 3.07. The zero-order valence-corrected chi connectivity index (χ0v) is 9.25. The molecule has 4 nitrogen and oxygen atoms in total. The Kier molecular flexibility index (Phi) is 2.73. The molecule has 0 atom stereocenters. The molecule has 2 rings (SSSR count). The lowest BCUT2D eigenvalue weighted by molar-refractivity contribution is 0.0597. The Balaban J connectivity index is 2.57. The summed E-state index contributed by atoms with van der Waals surface area (Å²) in [4.78, 5) is 11.4. The second kappa shape index (κ2) is 4.04. The minimum Gasteiger partial charge on any atom is -0.505 e. The molecule has 86 valence electrons. The van der Waals surface area contributed by atoms with Gasteiger partial charge in [-0.15, -0.1) is 0 Å². The Morgan fingerprint density at radius 3 is 2.81 bits per heavy atom. The molecule has 0 aliphatic heterocycles. The fourth-order valence-electron chi connectivity index (χ4n) is 2.19. The lowest BCUT2D eigenvalue weighted by Crippen LogP contribution is -2.11. The number of nitrogen functional groups attached to an aromatic ring is 1. The Bertz CT molecular complexity index is 440. The third-order valence-corrected chi connectivity index (χ3v) is 3.07. The number of hydrogen-bond acceptors (Lipinski definition) is 4. The van der Waals surface area contributed by atoms with E-state index in [1.807, 2.05) is 0 Å². The first-order chi connectivity index (χ1) is 7.65. The van der Waals surface area contributed by atoms with Crippen molar-refractivity contribution in [3.63, 3.8) is 0 Å². The average molecular weight is 221 g/mol. The summed E-state index contributed by atoms with van der Waals surface area (Å²) in [5.41, 5.74) is 8.38. The maximum Gasteiger partial charge on any atom is 0.341 e. The smallest absolute Gasteiger partial charge is 0.341 e. The van der Waals surface area contributed by atoms with Gasteiger partial charge < -0.3 is 15.6 Å². The summed E-state index contributed by atoms with van der Waals surface area (Å²) < 4.78 is 4.61. The summed E-state index contributed by atoms with van der Waals surface area (Å²) in [6.45, 7) is 0. The molecule has 1 aliphatic rings. The predicted octanol–water partition coefficient (Wildman–Crippen LogP) is 1.64. The number of methoxy groups -OCH3 is 1. The lowest BCUT2D eigenvalue weighted by atomic mass is 9.88. The van der Waals surface area contributed by atoms with Gasteiger partial charge in [-0.2, -0.15) is 0 Å². The molecule has 4 heteroatoms. The summed E-state index contributed by atoms with van der Waals surface area (Å²) in [6, 6.07) is 1.70. The number of ether oxygens (including phenoxy) is 1. The van der Waals surface area contributed by atoms with Gasteiger partial charge in [0.15, 0.2) is 5.75 Å². The molecule has 0 fully saturated rings. The second-order valence-corrected chi connectivity index (χ2v) is 4.02. The zero-order chi connectivity index (χ0) is 11.7. The van der Waals surface area contributed by atoms with Crippen LogP contribution in [0.3, 0.4) is 0 Å². The Labute approximate surface area is 94.0 Å². The van der Waals surface area contributed by atoms with E-state index in [-0.39, 0.29) is 11.3 Å². The number of phenols is 1. The van der Waals surface area contributed by atoms with E-state index in [0.29, 0.717) is 5.69 Å². The van der Waals surface area contributed by atoms with Crippen LogP contribution in [0.25, 0.3) is 0 Å². The molecular weight excluding hydrogens is 206 g/mol. The largest absolute Gasteiger partial charge is 0.505 e. The molecule has 0 aromatic heterocycles. The first kappa shape index (κ1) is 10.8. The topological polar surface area (TPSA) is 72.5 Å². The molecule has 16 heavy (non-hydrogen) atoms. The van der Waals surface area contributed by atoms with Crippen molar-refractivity contribution in [3.8, 4) is 5.75 Å². The van der Waals surface area contributed by atoms with Crippen molar-refractivity contribution in [2.45, 2.75) is 25.7 Å². The number of phenolic OH excluding ortho intramolecular Hbond substituents is 1. The van der Waals surface area contributed by atoms with E-state index >= 15 is 0 Å². The van der Waals surface area contributed by atoms with E-state index in [2.05, 4.69) is 4.74 Å². The van der Waals surface area contributed by atoms with Crippen molar-refractivity contribution in [2.75, 3.05) is 12.8 Å². The van der Waals surface area contributed by atoms with Gasteiger partial charge in [0.2, 0.25) is 0 Å². The number of benzene rings is 1. The van der Waals surface area contributed by atoms with Gasteiger partial charge in [0.1, 0.15) is 5.56 Å². The van der Waals surface area contributed by atoms with Crippen molar-refractivity contribution in [2.24, 2.45) is 0 Å². The minimum atomic E-state index is -0.544. The molecule has 0 saturated heterocycles. The zero-order valence-electron chi connectivity index (χ0n) is 9.25. The molecule has 0 heterocycles. The molecule has 1 aliphatic carbocycles. The van der Waals surface area contributed by atoms with Crippen LogP contribution in [-0.4, -0.2) is 18.2 Å². The summed E-state index contributed by atoms with van der Waals surface area (Å²) in [7, 11) is 1.29. The maximum absolute atomic E-state index is 11.4. The van der Waals surface area contributed by atoms with Crippen molar-refractivity contribution in [3.05, 3.63) is 22.8 Å². The predicted molar refractivity (Wildman–Crippen MR) is 60.5 cm³/mol. The van der Waals surface area contributed by atoms with Crippen LogP contribution in [-0.2, 0) is 17.6 Å². The highest BCUT2D eigenvalue weighted by Gasteiger charge is 2.21. The summed E-state index contributed by atoms with van der Waals surface area (Å²) in [5, 5.41) is 9.83. The highest BCUT2D eigenvalue weighted by molar-refractivity contribution is 5.95. The molecule has 0 spiro atoms. The van der Waals surface area contributed by atoms with Crippen LogP contribution in [0.4, 0.5) is 5.69 Å². The van der Waals surface area contributed by atoms with Crippen molar-refractivity contribution >= 4 is 11.7 Å². The van der Waals surface area contributed by atoms with Gasteiger partial charge in [0.05, 0.1) is 12.8 Å². The standard InChI is InChI=1S/C12H15NO3/c1-16-12(15)9-6-7-4-2-3-5-8(7)10(13)11(9)14/h6,14H,2-5,13H2,1H3. The van der Waals surface area contributed by atoms with Crippen molar-refractivity contribution in [1.82, 2.24) is 0 Å². The van der Waals surface area contributed by atoms with Crippen LogP contribution in [0.15, 0.2) is 6.07 Å². The number of fused-ring (bicyclic) bond motifs is 1. The number of rotatable bonds is 1. The SMILES string of the molecule is COC(=O)c1cc2c(c(N)c1O)CCCC2. The summed E-state index contributed by atoms with van der Waals surface area (Å²) >= 11 is 0. The summed E-state index contributed by atoms with van der Waals surface area (Å²) in [5.74, 6) is -0.690. The van der Waals surface area contributed by atoms with Gasteiger partial charge in [-0.3, -0.25) is 0 Å². The number of hydrogen-bond donors (Lipinski definition) is 2. The number of anilines is 1. The molecule has 0 amide bonds.